The van der Waals surface area contributed by atoms with E-state index in [2.05, 4.69) is 19.9 Å². The molecule has 3 saturated carbocycles. The number of rotatable bonds is 5. The van der Waals surface area contributed by atoms with Crippen LogP contribution in [-0.4, -0.2) is 46.2 Å². The van der Waals surface area contributed by atoms with E-state index in [9.17, 15) is 19.8 Å². The van der Waals surface area contributed by atoms with E-state index < -0.39 is 41.5 Å². The lowest BCUT2D eigenvalue weighted by atomic mass is 9.46. The van der Waals surface area contributed by atoms with Crippen molar-refractivity contribution in [2.75, 3.05) is 12.3 Å². The van der Waals surface area contributed by atoms with E-state index >= 15 is 0 Å². The van der Waals surface area contributed by atoms with Crippen LogP contribution in [0.15, 0.2) is 60.2 Å². The second-order valence-electron chi connectivity index (χ2n) is 13.1. The Morgan fingerprint density at radius 1 is 1.22 bits per heavy atom. The number of nitrogens with two attached hydrogens (primary N) is 1. The Hall–Kier alpha value is -2.62. The molecule has 0 radical (unpaired) electrons. The summed E-state index contributed by atoms with van der Waals surface area (Å²) in [6, 6.07) is 11.9. The average molecular weight is 576 g/mol. The van der Waals surface area contributed by atoms with Gasteiger partial charge in [0.2, 0.25) is 0 Å². The van der Waals surface area contributed by atoms with Gasteiger partial charge in [0.05, 0.1) is 17.1 Å². The third kappa shape index (κ3) is 3.84. The van der Waals surface area contributed by atoms with Crippen molar-refractivity contribution in [2.24, 2.45) is 28.6 Å². The Morgan fingerprint density at radius 2 is 2.05 bits per heavy atom. The highest BCUT2D eigenvalue weighted by molar-refractivity contribution is 7.12. The zero-order chi connectivity index (χ0) is 28.7. The van der Waals surface area contributed by atoms with Gasteiger partial charge in [-0.25, -0.2) is 0 Å². The van der Waals surface area contributed by atoms with Crippen LogP contribution in [0.1, 0.15) is 61.1 Å². The van der Waals surface area contributed by atoms with Gasteiger partial charge in [-0.1, -0.05) is 37.6 Å². The van der Waals surface area contributed by atoms with Gasteiger partial charge in [0.1, 0.15) is 6.61 Å². The molecule has 9 atom stereocenters. The topological polar surface area (TPSA) is 119 Å². The number of fused-ring (bicyclic) bond motifs is 7. The van der Waals surface area contributed by atoms with Gasteiger partial charge < -0.3 is 25.4 Å². The van der Waals surface area contributed by atoms with Crippen molar-refractivity contribution in [2.45, 2.75) is 70.1 Å². The van der Waals surface area contributed by atoms with Crippen LogP contribution in [0.25, 0.3) is 0 Å². The molecule has 0 bridgehead atoms. The quantitative estimate of drug-likeness (QED) is 0.449. The molecule has 216 valence electrons. The van der Waals surface area contributed by atoms with Crippen molar-refractivity contribution in [3.05, 3.63) is 75.5 Å². The lowest BCUT2D eigenvalue weighted by Gasteiger charge is -2.59. The lowest BCUT2D eigenvalue weighted by molar-refractivity contribution is -0.200. The Bertz CT molecular complexity index is 1480. The second-order valence-corrected chi connectivity index (χ2v) is 14.3. The van der Waals surface area contributed by atoms with E-state index in [1.54, 1.807) is 23.5 Å². The van der Waals surface area contributed by atoms with Crippen molar-refractivity contribution in [3.63, 3.8) is 0 Å². The number of benzene rings is 1. The molecule has 41 heavy (non-hydrogen) atoms. The standard InChI is InChI=1S/C33H37NO6S/c1-31-11-10-21(36)14-19(31)6-8-23-24-15-28-33(27(38)17-35,32(24,2)16-25(37)29(23)31)40-30(39-28)26-9-7-22(41-26)13-18-4-3-5-20(34)12-18/h3-5,7,9-12,14,23-25,28-30,35,37H,6,8,13,15-17,34H2,1-2H3/t23-,24?,25-,28+,29?,30-,31-,32-,33+/m0/s1. The summed E-state index contributed by atoms with van der Waals surface area (Å²) in [5.41, 5.74) is 6.45. The average Bonchev–Trinajstić information content (AvgIpc) is 3.61. The first-order chi connectivity index (χ1) is 19.6. The number of carbonyl (C=O) groups excluding carboxylic acids is 2. The molecule has 2 aromatic rings. The van der Waals surface area contributed by atoms with E-state index in [0.29, 0.717) is 12.8 Å². The van der Waals surface area contributed by atoms with Crippen molar-refractivity contribution in [1.29, 1.82) is 0 Å². The van der Waals surface area contributed by atoms with E-state index in [0.717, 1.165) is 45.8 Å². The largest absolute Gasteiger partial charge is 0.399 e. The molecule has 1 aliphatic heterocycles. The van der Waals surface area contributed by atoms with Gasteiger partial charge in [0, 0.05) is 33.7 Å². The number of nitrogen functional groups attached to an aromatic ring is 1. The first kappa shape index (κ1) is 27.2. The monoisotopic (exact) mass is 575 g/mol. The van der Waals surface area contributed by atoms with E-state index in [1.807, 2.05) is 36.4 Å². The molecule has 1 aromatic heterocycles. The number of anilines is 1. The minimum atomic E-state index is -1.34. The Kier molecular flexibility index (Phi) is 6.27. The van der Waals surface area contributed by atoms with Crippen molar-refractivity contribution < 1.29 is 29.3 Å². The van der Waals surface area contributed by atoms with Crippen LogP contribution in [0, 0.1) is 28.6 Å². The summed E-state index contributed by atoms with van der Waals surface area (Å²) in [6.07, 6.45) is 6.80. The molecule has 2 heterocycles. The fourth-order valence-electron chi connectivity index (χ4n) is 9.33. The fourth-order valence-corrected chi connectivity index (χ4v) is 10.3. The molecule has 0 amide bonds. The molecule has 2 unspecified atom stereocenters. The predicted octanol–water partition coefficient (Wildman–Crippen LogP) is 4.52. The fraction of sp³-hybridized carbons (Fsp3) is 0.515. The third-order valence-electron chi connectivity index (χ3n) is 11.0. The summed E-state index contributed by atoms with van der Waals surface area (Å²) in [7, 11) is 0. The minimum absolute atomic E-state index is 0.00596. The second kappa shape index (κ2) is 9.44. The SMILES string of the molecule is C[C@]12C=CC(=O)C=C1CC[C@@H]1C2[C@@H](O)C[C@@]2(C)C1C[C@H]1O[C@H](c3ccc(Cc4cccc(N)c4)s3)O[C@]12C(=O)CO. The number of hydrogen-bond donors (Lipinski definition) is 3. The Morgan fingerprint density at radius 3 is 2.83 bits per heavy atom. The van der Waals surface area contributed by atoms with Crippen LogP contribution in [0.2, 0.25) is 0 Å². The highest BCUT2D eigenvalue weighted by Crippen LogP contribution is 2.70. The number of ether oxygens (including phenoxy) is 2. The summed E-state index contributed by atoms with van der Waals surface area (Å²) in [4.78, 5) is 27.9. The van der Waals surface area contributed by atoms with Crippen LogP contribution in [-0.2, 0) is 25.5 Å². The number of ketones is 2. The van der Waals surface area contributed by atoms with Gasteiger partial charge in [-0.3, -0.25) is 9.59 Å². The Balaban J connectivity index is 1.19. The number of allylic oxidation sites excluding steroid dienone is 4. The number of aliphatic hydroxyl groups is 2. The molecule has 7 nitrogen and oxygen atoms in total. The molecule has 8 heteroatoms. The number of Topliss-reactive ketones (excluding diaryl/α,β-unsaturated/α-hetero) is 1. The van der Waals surface area contributed by atoms with Crippen LogP contribution >= 0.6 is 11.3 Å². The first-order valence-corrected chi connectivity index (χ1v) is 15.4. The molecule has 7 rings (SSSR count). The summed E-state index contributed by atoms with van der Waals surface area (Å²) in [5.74, 6) is -0.221. The summed E-state index contributed by atoms with van der Waals surface area (Å²) >= 11 is 1.59. The zero-order valence-electron chi connectivity index (χ0n) is 23.4. The van der Waals surface area contributed by atoms with Crippen molar-refractivity contribution in [3.8, 4) is 0 Å². The van der Waals surface area contributed by atoms with Gasteiger partial charge in [0.25, 0.3) is 0 Å². The number of thiophene rings is 1. The van der Waals surface area contributed by atoms with Crippen molar-refractivity contribution in [1.82, 2.24) is 0 Å². The molecular formula is C33H37NO6S. The van der Waals surface area contributed by atoms with Gasteiger partial charge in [-0.05, 0) is 79.5 Å². The van der Waals surface area contributed by atoms with Crippen molar-refractivity contribution >= 4 is 28.6 Å². The molecule has 4 fully saturated rings. The number of hydrogen-bond acceptors (Lipinski definition) is 8. The van der Waals surface area contributed by atoms with Gasteiger partial charge in [-0.15, -0.1) is 11.3 Å². The molecule has 1 aromatic carbocycles. The highest BCUT2D eigenvalue weighted by atomic mass is 32.1. The maximum atomic E-state index is 13.7. The zero-order valence-corrected chi connectivity index (χ0v) is 24.2. The van der Waals surface area contributed by atoms with Gasteiger partial charge in [0.15, 0.2) is 23.5 Å². The van der Waals surface area contributed by atoms with Crippen LogP contribution in [0.5, 0.6) is 0 Å². The van der Waals surface area contributed by atoms with Gasteiger partial charge >= 0.3 is 0 Å². The Labute approximate surface area is 244 Å². The molecule has 4 N–H and O–H groups in total. The molecular weight excluding hydrogens is 538 g/mol. The maximum Gasteiger partial charge on any atom is 0.194 e. The van der Waals surface area contributed by atoms with E-state index in [1.165, 1.54) is 0 Å². The molecule has 1 saturated heterocycles. The molecule has 0 spiro atoms. The minimum Gasteiger partial charge on any atom is -0.399 e. The van der Waals surface area contributed by atoms with Crippen LogP contribution in [0.4, 0.5) is 5.69 Å². The van der Waals surface area contributed by atoms with E-state index in [-0.39, 0.29) is 29.3 Å². The van der Waals surface area contributed by atoms with Crippen LogP contribution in [0.3, 0.4) is 0 Å². The predicted molar refractivity (Wildman–Crippen MR) is 155 cm³/mol. The number of carbonyl (C=O) groups is 2. The summed E-state index contributed by atoms with van der Waals surface area (Å²) < 4.78 is 13.3. The normalized spacial score (nSPS) is 40.9. The van der Waals surface area contributed by atoms with E-state index in [4.69, 9.17) is 15.2 Å². The maximum absolute atomic E-state index is 13.7. The smallest absolute Gasteiger partial charge is 0.194 e. The first-order valence-electron chi connectivity index (χ1n) is 14.6. The molecule has 4 aliphatic carbocycles. The number of aliphatic hydroxyl groups excluding tert-OH is 2. The summed E-state index contributed by atoms with van der Waals surface area (Å²) in [6.45, 7) is 3.56. The van der Waals surface area contributed by atoms with Gasteiger partial charge in [-0.2, -0.15) is 0 Å². The lowest BCUT2D eigenvalue weighted by Crippen LogP contribution is -2.63. The summed E-state index contributed by atoms with van der Waals surface area (Å²) in [5, 5.41) is 22.0. The van der Waals surface area contributed by atoms with Crippen LogP contribution < -0.4 is 5.73 Å². The molecule has 5 aliphatic rings. The third-order valence-corrected chi connectivity index (χ3v) is 12.1. The highest BCUT2D eigenvalue weighted by Gasteiger charge is 2.76.